The molecule has 2 heterocycles. The molecule has 0 spiro atoms. The van der Waals surface area contributed by atoms with Gasteiger partial charge >= 0.3 is 5.97 Å². The quantitative estimate of drug-likeness (QED) is 0.369. The van der Waals surface area contributed by atoms with Crippen LogP contribution in [-0.4, -0.2) is 41.0 Å². The fourth-order valence-corrected chi connectivity index (χ4v) is 7.45. The Labute approximate surface area is 219 Å². The fourth-order valence-electron chi connectivity index (χ4n) is 7.45. The average molecular weight is 499 g/mol. The summed E-state index contributed by atoms with van der Waals surface area (Å²) >= 11 is 0. The molecule has 0 unspecified atom stereocenters. The first-order chi connectivity index (χ1) is 18.0. The van der Waals surface area contributed by atoms with Crippen LogP contribution < -0.4 is 0 Å². The Bertz CT molecular complexity index is 1340. The summed E-state index contributed by atoms with van der Waals surface area (Å²) < 4.78 is 7.66. The number of methoxy groups -OCH3 is 1. The highest BCUT2D eigenvalue weighted by molar-refractivity contribution is 6.02. The van der Waals surface area contributed by atoms with Gasteiger partial charge in [0.05, 0.1) is 12.8 Å². The van der Waals surface area contributed by atoms with Crippen LogP contribution in [0.3, 0.4) is 0 Å². The normalized spacial score (nSPS) is 19.2. The van der Waals surface area contributed by atoms with Gasteiger partial charge in [-0.15, -0.1) is 0 Å². The van der Waals surface area contributed by atoms with Crippen molar-refractivity contribution in [2.24, 2.45) is 0 Å². The average Bonchev–Trinajstić information content (AvgIpc) is 3.51. The van der Waals surface area contributed by atoms with E-state index in [2.05, 4.69) is 41.0 Å². The molecule has 1 amide bonds. The van der Waals surface area contributed by atoms with Crippen LogP contribution in [0.1, 0.15) is 91.6 Å². The van der Waals surface area contributed by atoms with Crippen molar-refractivity contribution in [1.82, 2.24) is 9.47 Å². The van der Waals surface area contributed by atoms with Gasteiger partial charge in [-0.1, -0.05) is 62.4 Å². The zero-order chi connectivity index (χ0) is 25.6. The number of hydrogen-bond acceptors (Lipinski definition) is 3. The molecule has 37 heavy (non-hydrogen) atoms. The van der Waals surface area contributed by atoms with Gasteiger partial charge in [-0.05, 0) is 67.7 Å². The molecule has 0 bridgehead atoms. The van der Waals surface area contributed by atoms with Crippen molar-refractivity contribution in [3.8, 4) is 11.3 Å². The van der Waals surface area contributed by atoms with Crippen molar-refractivity contribution in [3.05, 3.63) is 59.2 Å². The summed E-state index contributed by atoms with van der Waals surface area (Å²) in [6, 6.07) is 15.2. The molecule has 0 atom stereocenters. The van der Waals surface area contributed by atoms with E-state index in [-0.39, 0.29) is 11.9 Å². The summed E-state index contributed by atoms with van der Waals surface area (Å²) in [5.74, 6) is 0.164. The Morgan fingerprint density at radius 2 is 1.73 bits per heavy atom. The number of carbonyl (C=O) groups is 2. The Kier molecular flexibility index (Phi) is 6.34. The van der Waals surface area contributed by atoms with Crippen LogP contribution in [-0.2, 0) is 22.5 Å². The summed E-state index contributed by atoms with van der Waals surface area (Å²) in [5, 5.41) is 1.29. The van der Waals surface area contributed by atoms with Crippen LogP contribution in [0.5, 0.6) is 0 Å². The number of ether oxygens (including phenoxy) is 1. The van der Waals surface area contributed by atoms with Crippen molar-refractivity contribution < 1.29 is 14.3 Å². The SMILES string of the molecule is COC(=O)C1(N(C)C(=O)c2ccc3c(C4CCCCC4)c4n(c3c2)CCCc2ccccc2-4)CCCC1. The second-order valence-electron chi connectivity index (χ2n) is 11.3. The monoisotopic (exact) mass is 498 g/mol. The minimum absolute atomic E-state index is 0.0991. The highest BCUT2D eigenvalue weighted by atomic mass is 16.5. The summed E-state index contributed by atoms with van der Waals surface area (Å²) in [6.45, 7) is 0.951. The number of esters is 1. The third-order valence-electron chi connectivity index (χ3n) is 9.41. The van der Waals surface area contributed by atoms with Crippen LogP contribution in [0.15, 0.2) is 42.5 Å². The highest BCUT2D eigenvalue weighted by Crippen LogP contribution is 2.46. The summed E-state index contributed by atoms with van der Waals surface area (Å²) in [4.78, 5) is 28.3. The summed E-state index contributed by atoms with van der Waals surface area (Å²) in [6.07, 6.45) is 11.7. The fraction of sp³-hybridized carbons (Fsp3) is 0.500. The molecule has 6 rings (SSSR count). The van der Waals surface area contributed by atoms with Crippen molar-refractivity contribution in [1.29, 1.82) is 0 Å². The Hall–Kier alpha value is -3.08. The van der Waals surface area contributed by atoms with E-state index in [1.54, 1.807) is 11.9 Å². The van der Waals surface area contributed by atoms with Gasteiger partial charge in [-0.2, -0.15) is 0 Å². The number of fused-ring (bicyclic) bond motifs is 5. The van der Waals surface area contributed by atoms with Gasteiger partial charge in [-0.25, -0.2) is 4.79 Å². The topological polar surface area (TPSA) is 51.5 Å². The number of likely N-dealkylation sites (N-methyl/N-ethyl adjacent to an activating group) is 1. The zero-order valence-corrected chi connectivity index (χ0v) is 22.2. The van der Waals surface area contributed by atoms with E-state index in [0.717, 1.165) is 37.7 Å². The highest BCUT2D eigenvalue weighted by Gasteiger charge is 2.48. The minimum Gasteiger partial charge on any atom is -0.467 e. The van der Waals surface area contributed by atoms with Crippen molar-refractivity contribution in [2.75, 3.05) is 14.2 Å². The molecule has 1 aliphatic heterocycles. The molecule has 0 saturated heterocycles. The van der Waals surface area contributed by atoms with Gasteiger partial charge in [0.15, 0.2) is 0 Å². The number of carbonyl (C=O) groups excluding carboxylic acids is 2. The van der Waals surface area contributed by atoms with Gasteiger partial charge in [0.2, 0.25) is 0 Å². The lowest BCUT2D eigenvalue weighted by Crippen LogP contribution is -2.54. The molecule has 0 N–H and O–H groups in total. The lowest BCUT2D eigenvalue weighted by molar-refractivity contribution is -0.152. The molecular formula is C32H38N2O3. The molecule has 3 aromatic rings. The Morgan fingerprint density at radius 1 is 0.973 bits per heavy atom. The number of amides is 1. The molecule has 2 aromatic carbocycles. The van der Waals surface area contributed by atoms with Gasteiger partial charge in [-0.3, -0.25) is 4.79 Å². The first-order valence-electron chi connectivity index (χ1n) is 14.2. The molecule has 2 saturated carbocycles. The molecule has 5 nitrogen and oxygen atoms in total. The molecule has 3 aliphatic rings. The van der Waals surface area contributed by atoms with Gasteiger partial charge < -0.3 is 14.2 Å². The zero-order valence-electron chi connectivity index (χ0n) is 22.2. The van der Waals surface area contributed by atoms with Crippen LogP contribution >= 0.6 is 0 Å². The standard InChI is InChI=1S/C32H38N2O3/c1-33(32(31(36)37-2)18-8-9-19-32)30(35)24-16-17-26-27(21-24)34-20-10-14-22-11-6-7-15-25(22)29(34)28(26)23-12-4-3-5-13-23/h6-7,11,15-17,21,23H,3-5,8-10,12-14,18-20H2,1-2H3. The maximum absolute atomic E-state index is 13.9. The molecule has 2 aliphatic carbocycles. The molecule has 2 fully saturated rings. The second-order valence-corrected chi connectivity index (χ2v) is 11.3. The number of rotatable bonds is 4. The van der Waals surface area contributed by atoms with Crippen LogP contribution in [0.2, 0.25) is 0 Å². The molecule has 5 heteroatoms. The van der Waals surface area contributed by atoms with E-state index in [9.17, 15) is 9.59 Å². The smallest absolute Gasteiger partial charge is 0.331 e. The molecule has 1 aromatic heterocycles. The lowest BCUT2D eigenvalue weighted by Gasteiger charge is -2.36. The maximum atomic E-state index is 13.9. The van der Waals surface area contributed by atoms with E-state index in [0.29, 0.717) is 24.3 Å². The first kappa shape index (κ1) is 24.3. The van der Waals surface area contributed by atoms with Gasteiger partial charge in [0.25, 0.3) is 5.91 Å². The number of hydrogen-bond donors (Lipinski definition) is 0. The predicted octanol–water partition coefficient (Wildman–Crippen LogP) is 6.86. The van der Waals surface area contributed by atoms with E-state index in [1.165, 1.54) is 67.0 Å². The minimum atomic E-state index is -0.858. The van der Waals surface area contributed by atoms with Gasteiger partial charge in [0, 0.05) is 35.6 Å². The maximum Gasteiger partial charge on any atom is 0.331 e. The van der Waals surface area contributed by atoms with E-state index in [1.807, 2.05) is 6.07 Å². The largest absolute Gasteiger partial charge is 0.467 e. The number of benzene rings is 2. The second kappa shape index (κ2) is 9.66. The predicted molar refractivity (Wildman–Crippen MR) is 147 cm³/mol. The van der Waals surface area contributed by atoms with Crippen LogP contribution in [0, 0.1) is 0 Å². The molecule has 194 valence electrons. The molecule has 0 radical (unpaired) electrons. The van der Waals surface area contributed by atoms with E-state index < -0.39 is 5.54 Å². The summed E-state index contributed by atoms with van der Waals surface area (Å²) in [7, 11) is 3.20. The van der Waals surface area contributed by atoms with E-state index >= 15 is 0 Å². The summed E-state index contributed by atoms with van der Waals surface area (Å²) in [5.41, 5.74) is 6.59. The van der Waals surface area contributed by atoms with Crippen molar-refractivity contribution in [2.45, 2.75) is 88.6 Å². The third kappa shape index (κ3) is 3.89. The van der Waals surface area contributed by atoms with E-state index in [4.69, 9.17) is 4.74 Å². The van der Waals surface area contributed by atoms with Crippen LogP contribution in [0.4, 0.5) is 0 Å². The Morgan fingerprint density at radius 3 is 2.49 bits per heavy atom. The number of aromatic nitrogens is 1. The number of nitrogens with zero attached hydrogens (tertiary/aromatic N) is 2. The van der Waals surface area contributed by atoms with Crippen molar-refractivity contribution in [3.63, 3.8) is 0 Å². The first-order valence-corrected chi connectivity index (χ1v) is 14.2. The Balaban J connectivity index is 1.49. The lowest BCUT2D eigenvalue weighted by atomic mass is 9.81. The third-order valence-corrected chi connectivity index (χ3v) is 9.41. The van der Waals surface area contributed by atoms with Crippen LogP contribution in [0.25, 0.3) is 22.2 Å². The molecular weight excluding hydrogens is 460 g/mol. The van der Waals surface area contributed by atoms with Gasteiger partial charge in [0.1, 0.15) is 5.54 Å². The van der Waals surface area contributed by atoms with Crippen molar-refractivity contribution >= 4 is 22.8 Å². The number of aryl methyl sites for hydroxylation is 2.